The van der Waals surface area contributed by atoms with Crippen molar-refractivity contribution in [2.45, 2.75) is 128 Å². The van der Waals surface area contributed by atoms with Crippen molar-refractivity contribution in [2.75, 3.05) is 27.3 Å². The zero-order valence-corrected chi connectivity index (χ0v) is 30.4. The van der Waals surface area contributed by atoms with E-state index in [1.54, 1.807) is 7.11 Å². The number of methoxy groups -OCH3 is 1. The normalized spacial score (nSPS) is 30.0. The van der Waals surface area contributed by atoms with Crippen LogP contribution >= 0.6 is 0 Å². The fraction of sp³-hybridized carbons (Fsp3) is 0.871. The quantitative estimate of drug-likeness (QED) is 0.0710. The van der Waals surface area contributed by atoms with Gasteiger partial charge in [-0.2, -0.15) is 0 Å². The van der Waals surface area contributed by atoms with Gasteiger partial charge in [0.1, 0.15) is 21.7 Å². The van der Waals surface area contributed by atoms with E-state index in [0.29, 0.717) is 5.92 Å². The minimum atomic E-state index is -2.04. The van der Waals surface area contributed by atoms with Gasteiger partial charge in [-0.25, -0.2) is 0 Å². The Balaban J connectivity index is 2.52. The summed E-state index contributed by atoms with van der Waals surface area (Å²) in [7, 11) is -3.07. The highest BCUT2D eigenvalue weighted by Gasteiger charge is 2.63. The molecule has 1 unspecified atom stereocenters. The molecule has 0 N–H and O–H groups in total. The van der Waals surface area contributed by atoms with Crippen molar-refractivity contribution in [3.8, 4) is 11.5 Å². The number of hydrogen-bond donors (Lipinski definition) is 0. The topological polar surface area (TPSA) is 46.2 Å². The monoisotopic (exact) mass is 596 g/mol. The minimum Gasteiger partial charge on any atom is -0.411 e. The molecule has 226 valence electrons. The summed E-state index contributed by atoms with van der Waals surface area (Å²) in [6.45, 7) is 31.3. The largest absolute Gasteiger partial charge is 0.411 e. The van der Waals surface area contributed by atoms with E-state index in [1.807, 2.05) is 0 Å². The van der Waals surface area contributed by atoms with Crippen molar-refractivity contribution in [3.05, 3.63) is 12.7 Å². The van der Waals surface area contributed by atoms with E-state index >= 15 is 0 Å². The third-order valence-electron chi connectivity index (χ3n) is 9.06. The molecular weight excluding hydrogens is 537 g/mol. The third kappa shape index (κ3) is 9.37. The second-order valence-electron chi connectivity index (χ2n) is 15.6. The van der Waals surface area contributed by atoms with Crippen LogP contribution in [0.15, 0.2) is 12.7 Å². The molecule has 0 spiro atoms. The third-order valence-corrected chi connectivity index (χ3v) is 16.2. The highest BCUT2D eigenvalue weighted by molar-refractivity contribution is 6.83. The van der Waals surface area contributed by atoms with Crippen LogP contribution in [0, 0.1) is 28.7 Å². The molecule has 2 saturated carbocycles. The minimum absolute atomic E-state index is 0.0000366. The van der Waals surface area contributed by atoms with E-state index < -0.39 is 24.5 Å². The lowest BCUT2D eigenvalue weighted by Crippen LogP contribution is -2.58. The van der Waals surface area contributed by atoms with E-state index in [9.17, 15) is 0 Å². The van der Waals surface area contributed by atoms with Crippen LogP contribution in [0.4, 0.5) is 0 Å². The van der Waals surface area contributed by atoms with Gasteiger partial charge in [-0.3, -0.25) is 0 Å². The van der Waals surface area contributed by atoms with Gasteiger partial charge in [0.05, 0.1) is 18.3 Å². The van der Waals surface area contributed by atoms with Gasteiger partial charge >= 0.3 is 0 Å². The highest BCUT2D eigenvalue weighted by Crippen LogP contribution is 2.60. The summed E-state index contributed by atoms with van der Waals surface area (Å²) in [5, 5.41) is 0.116. The molecule has 39 heavy (non-hydrogen) atoms. The van der Waals surface area contributed by atoms with Crippen LogP contribution in [0.3, 0.4) is 0 Å². The van der Waals surface area contributed by atoms with E-state index in [0.717, 1.165) is 38.3 Å². The zero-order chi connectivity index (χ0) is 29.7. The molecule has 5 nitrogen and oxygen atoms in total. The average Bonchev–Trinajstić information content (AvgIpc) is 3.09. The summed E-state index contributed by atoms with van der Waals surface area (Å²) in [4.78, 5) is 0. The van der Waals surface area contributed by atoms with E-state index in [-0.39, 0.29) is 48.3 Å². The molecule has 0 bridgehead atoms. The van der Waals surface area contributed by atoms with Crippen molar-refractivity contribution in [1.29, 1.82) is 0 Å². The first-order chi connectivity index (χ1) is 17.9. The zero-order valence-electron chi connectivity index (χ0n) is 27.4. The Hall–Kier alpha value is -0.249. The van der Waals surface area contributed by atoms with E-state index in [2.05, 4.69) is 97.3 Å². The predicted molar refractivity (Wildman–Crippen MR) is 172 cm³/mol. The van der Waals surface area contributed by atoms with Crippen molar-refractivity contribution >= 4 is 24.5 Å². The smallest absolute Gasteiger partial charge is 0.192 e. The summed E-state index contributed by atoms with van der Waals surface area (Å²) in [6.07, 6.45) is 5.81. The second-order valence-corrected chi connectivity index (χ2v) is 30.7. The summed E-state index contributed by atoms with van der Waals surface area (Å²) in [5.74, 6) is 4.20. The number of rotatable bonds is 13. The number of ether oxygens (including phenoxy) is 4. The Bertz CT molecular complexity index is 845. The van der Waals surface area contributed by atoms with Crippen molar-refractivity contribution in [2.24, 2.45) is 17.3 Å². The van der Waals surface area contributed by atoms with Crippen LogP contribution in [0.25, 0.3) is 0 Å². The van der Waals surface area contributed by atoms with Crippen LogP contribution < -0.4 is 0 Å². The first-order valence-corrected chi connectivity index (χ1v) is 25.1. The van der Waals surface area contributed by atoms with E-state index in [1.165, 1.54) is 0 Å². The Morgan fingerprint density at radius 1 is 0.949 bits per heavy atom. The second kappa shape index (κ2) is 13.8. The fourth-order valence-corrected chi connectivity index (χ4v) is 8.68. The first-order valence-electron chi connectivity index (χ1n) is 15.0. The summed E-state index contributed by atoms with van der Waals surface area (Å²) < 4.78 is 31.8. The Morgan fingerprint density at radius 2 is 1.62 bits per heavy atom. The molecule has 2 rings (SSSR count). The molecular formula is C31H60O5Si3. The fourth-order valence-electron chi connectivity index (χ4n) is 5.96. The van der Waals surface area contributed by atoms with Gasteiger partial charge in [-0.15, -0.1) is 18.0 Å². The molecule has 2 fully saturated rings. The van der Waals surface area contributed by atoms with Crippen molar-refractivity contribution in [1.82, 2.24) is 0 Å². The molecule has 0 heterocycles. The molecule has 0 radical (unpaired) electrons. The number of hydrogen-bond acceptors (Lipinski definition) is 5. The maximum absolute atomic E-state index is 7.18. The van der Waals surface area contributed by atoms with Gasteiger partial charge in [-0.1, -0.05) is 66.1 Å². The maximum Gasteiger partial charge on any atom is 0.192 e. The van der Waals surface area contributed by atoms with E-state index in [4.69, 9.17) is 23.4 Å². The Labute approximate surface area is 244 Å². The Morgan fingerprint density at radius 3 is 2.15 bits per heavy atom. The van der Waals surface area contributed by atoms with Gasteiger partial charge in [0, 0.05) is 39.5 Å². The number of fused-ring (bicyclic) bond motifs is 1. The molecule has 2 aliphatic carbocycles. The lowest BCUT2D eigenvalue weighted by molar-refractivity contribution is -0.198. The Kier molecular flexibility index (Phi) is 12.4. The molecule has 0 amide bonds. The van der Waals surface area contributed by atoms with Crippen LogP contribution in [-0.4, -0.2) is 70.1 Å². The van der Waals surface area contributed by atoms with Gasteiger partial charge in [0.25, 0.3) is 0 Å². The molecule has 0 saturated heterocycles. The van der Waals surface area contributed by atoms with Crippen LogP contribution in [0.1, 0.15) is 46.5 Å². The first kappa shape index (κ1) is 34.9. The molecule has 8 heteroatoms. The molecule has 0 aliphatic heterocycles. The predicted octanol–water partition coefficient (Wildman–Crippen LogP) is 7.94. The van der Waals surface area contributed by atoms with Gasteiger partial charge in [0.15, 0.2) is 8.32 Å². The summed E-state index contributed by atoms with van der Waals surface area (Å²) in [6, 6.07) is 1.13. The van der Waals surface area contributed by atoms with Crippen LogP contribution in [-0.2, 0) is 23.4 Å². The summed E-state index contributed by atoms with van der Waals surface area (Å²) >= 11 is 0. The SMILES string of the molecule is C=C[C@H]1C(OCOC)C[C@@H]2CC[C@H](O[Si](C)(C)C(C)(C)C)[C@@H](OCOCC[Si](C)(C)C)[C@@]21CC#C[Si](C)(C)C. The van der Waals surface area contributed by atoms with Crippen molar-refractivity contribution in [3.63, 3.8) is 0 Å². The van der Waals surface area contributed by atoms with Gasteiger partial charge in [-0.05, 0) is 49.4 Å². The molecule has 0 aromatic rings. The highest BCUT2D eigenvalue weighted by atomic mass is 28.4. The molecule has 0 aromatic carbocycles. The van der Waals surface area contributed by atoms with Gasteiger partial charge in [0.2, 0.25) is 0 Å². The molecule has 6 atom stereocenters. The van der Waals surface area contributed by atoms with Crippen LogP contribution in [0.2, 0.25) is 63.5 Å². The van der Waals surface area contributed by atoms with Crippen molar-refractivity contribution < 1.29 is 23.4 Å². The molecule has 2 aliphatic rings. The standard InChI is InChI=1S/C31H60O5Si3/c1-14-26-28(34-23-32-5)22-25-16-17-27(36-39(12,13)30(2,3)4)29(35-24-33-19-21-38(9,10)11)31(25,26)18-15-20-37(6,7)8/h14,25-29H,1,16-19,21-24H2,2-13H3/t25-,26-,27-,28?,29+,31-/m0/s1. The maximum atomic E-state index is 7.18. The van der Waals surface area contributed by atoms with Gasteiger partial charge < -0.3 is 23.4 Å². The average molecular weight is 597 g/mol. The van der Waals surface area contributed by atoms with Crippen LogP contribution in [0.5, 0.6) is 0 Å². The lowest BCUT2D eigenvalue weighted by Gasteiger charge is -2.53. The lowest BCUT2D eigenvalue weighted by atomic mass is 9.59. The molecule has 0 aromatic heterocycles. The summed E-state index contributed by atoms with van der Waals surface area (Å²) in [5.41, 5.74) is 3.42.